The van der Waals surface area contributed by atoms with Crippen LogP contribution in [0.5, 0.6) is 0 Å². The lowest BCUT2D eigenvalue weighted by atomic mass is 10.1. The Hall–Kier alpha value is -2.08. The highest BCUT2D eigenvalue weighted by molar-refractivity contribution is 6.44. The number of ketones is 1. The van der Waals surface area contributed by atoms with Crippen molar-refractivity contribution in [1.29, 1.82) is 0 Å². The Balaban J connectivity index is 1.86. The first-order valence-electron chi connectivity index (χ1n) is 6.23. The Morgan fingerprint density at radius 2 is 1.82 bits per heavy atom. The van der Waals surface area contributed by atoms with Crippen LogP contribution < -0.4 is 5.73 Å². The maximum Gasteiger partial charge on any atom is 0.231 e. The molecule has 2 N–H and O–H groups in total. The standard InChI is InChI=1S/C15H12Cl2N2O3/c16-12-7-6-10(8-13(12)17)9-21-22-19-15(18)14(20)11-4-2-1-3-5-11/h1-8H,9H2,(H2,18,19). The molecule has 0 bridgehead atoms. The van der Waals surface area contributed by atoms with Crippen molar-refractivity contribution in [2.75, 3.05) is 0 Å². The Labute approximate surface area is 137 Å². The van der Waals surface area contributed by atoms with Crippen LogP contribution in [-0.2, 0) is 16.5 Å². The lowest BCUT2D eigenvalue weighted by Gasteiger charge is -2.03. The van der Waals surface area contributed by atoms with E-state index in [9.17, 15) is 4.79 Å². The molecule has 0 radical (unpaired) electrons. The highest BCUT2D eigenvalue weighted by atomic mass is 35.5. The van der Waals surface area contributed by atoms with Gasteiger partial charge < -0.3 is 5.73 Å². The van der Waals surface area contributed by atoms with Gasteiger partial charge in [-0.05, 0) is 22.9 Å². The molecule has 2 rings (SSSR count). The predicted molar refractivity (Wildman–Crippen MR) is 84.7 cm³/mol. The first-order chi connectivity index (χ1) is 10.6. The zero-order valence-corrected chi connectivity index (χ0v) is 12.8. The van der Waals surface area contributed by atoms with Crippen molar-refractivity contribution in [2.45, 2.75) is 6.61 Å². The number of hydrogen-bond acceptors (Lipinski definition) is 4. The third kappa shape index (κ3) is 4.46. The molecule has 0 saturated carbocycles. The van der Waals surface area contributed by atoms with E-state index >= 15 is 0 Å². The topological polar surface area (TPSA) is 73.9 Å². The summed E-state index contributed by atoms with van der Waals surface area (Å²) in [7, 11) is 0. The van der Waals surface area contributed by atoms with Crippen LogP contribution in [-0.4, -0.2) is 11.6 Å². The molecule has 114 valence electrons. The number of hydrogen-bond donors (Lipinski definition) is 1. The zero-order valence-electron chi connectivity index (χ0n) is 11.3. The van der Waals surface area contributed by atoms with Crippen molar-refractivity contribution in [1.82, 2.24) is 0 Å². The number of oxime groups is 1. The van der Waals surface area contributed by atoms with Crippen LogP contribution in [0.3, 0.4) is 0 Å². The summed E-state index contributed by atoms with van der Waals surface area (Å²) in [5.74, 6) is -0.751. The molecule has 0 aromatic heterocycles. The first-order valence-corrected chi connectivity index (χ1v) is 6.99. The van der Waals surface area contributed by atoms with E-state index < -0.39 is 5.78 Å². The van der Waals surface area contributed by atoms with Gasteiger partial charge in [0, 0.05) is 5.56 Å². The van der Waals surface area contributed by atoms with Gasteiger partial charge in [0.25, 0.3) is 0 Å². The summed E-state index contributed by atoms with van der Waals surface area (Å²) >= 11 is 11.7. The highest BCUT2D eigenvalue weighted by Gasteiger charge is 2.10. The Morgan fingerprint density at radius 3 is 2.50 bits per heavy atom. The number of Topliss-reactive ketones (excluding diaryl/α,β-unsaturated/α-hetero) is 1. The summed E-state index contributed by atoms with van der Waals surface area (Å²) in [6.45, 7) is 0.0766. The third-order valence-corrected chi connectivity index (χ3v) is 3.41. The largest absolute Gasteiger partial charge is 0.378 e. The van der Waals surface area contributed by atoms with Crippen LogP contribution >= 0.6 is 23.2 Å². The third-order valence-electron chi connectivity index (χ3n) is 2.67. The summed E-state index contributed by atoms with van der Waals surface area (Å²) < 4.78 is 0. The lowest BCUT2D eigenvalue weighted by Crippen LogP contribution is -2.24. The normalized spacial score (nSPS) is 11.3. The van der Waals surface area contributed by atoms with Gasteiger partial charge in [-0.15, -0.1) is 0 Å². The van der Waals surface area contributed by atoms with Gasteiger partial charge in [-0.25, -0.2) is 4.99 Å². The zero-order chi connectivity index (χ0) is 15.9. The summed E-state index contributed by atoms with van der Waals surface area (Å²) in [6, 6.07) is 13.5. The molecule has 7 heteroatoms. The van der Waals surface area contributed by atoms with E-state index in [1.165, 1.54) is 0 Å². The first kappa shape index (κ1) is 16.3. The van der Waals surface area contributed by atoms with E-state index in [1.54, 1.807) is 48.5 Å². The van der Waals surface area contributed by atoms with Crippen molar-refractivity contribution in [3.63, 3.8) is 0 Å². The smallest absolute Gasteiger partial charge is 0.231 e. The van der Waals surface area contributed by atoms with E-state index in [-0.39, 0.29) is 12.4 Å². The maximum atomic E-state index is 11.9. The van der Waals surface area contributed by atoms with Crippen LogP contribution in [0.1, 0.15) is 15.9 Å². The van der Waals surface area contributed by atoms with Crippen molar-refractivity contribution in [3.8, 4) is 0 Å². The summed E-state index contributed by atoms with van der Waals surface area (Å²) in [4.78, 5) is 21.3. The Kier molecular flexibility index (Phi) is 5.77. The highest BCUT2D eigenvalue weighted by Crippen LogP contribution is 2.22. The summed E-state index contributed by atoms with van der Waals surface area (Å²) in [6.07, 6.45) is 0. The molecule has 0 aliphatic heterocycles. The number of nitrogens with two attached hydrogens (primary N) is 1. The van der Waals surface area contributed by atoms with E-state index in [1.807, 2.05) is 0 Å². The van der Waals surface area contributed by atoms with Crippen LogP contribution in [0.4, 0.5) is 0 Å². The van der Waals surface area contributed by atoms with Crippen LogP contribution in [0.25, 0.3) is 0 Å². The SMILES string of the molecule is N/C(=N\OOCc1ccc(Cl)c(Cl)c1)C(=O)c1ccccc1. The molecule has 2 aromatic carbocycles. The van der Waals surface area contributed by atoms with E-state index in [4.69, 9.17) is 33.8 Å². The Morgan fingerprint density at radius 1 is 1.09 bits per heavy atom. The number of carbonyl (C=O) groups excluding carboxylic acids is 1. The minimum absolute atomic E-state index is 0.0766. The minimum atomic E-state index is -0.446. The molecule has 2 aromatic rings. The molecular formula is C15H12Cl2N2O3. The summed E-state index contributed by atoms with van der Waals surface area (Å²) in [5.41, 5.74) is 6.68. The number of halogens is 2. The number of amidine groups is 1. The second kappa shape index (κ2) is 7.79. The fourth-order valence-corrected chi connectivity index (χ4v) is 1.89. The summed E-state index contributed by atoms with van der Waals surface area (Å²) in [5, 5.41) is 4.27. The molecule has 22 heavy (non-hydrogen) atoms. The van der Waals surface area contributed by atoms with Crippen LogP contribution in [0.15, 0.2) is 53.7 Å². The molecule has 0 aliphatic carbocycles. The number of nitrogens with zero attached hydrogens (tertiary/aromatic N) is 1. The van der Waals surface area contributed by atoms with E-state index in [2.05, 4.69) is 10.1 Å². The Bertz CT molecular complexity index is 690. The molecule has 0 fully saturated rings. The predicted octanol–water partition coefficient (Wildman–Crippen LogP) is 3.60. The van der Waals surface area contributed by atoms with Crippen molar-refractivity contribution in [3.05, 3.63) is 69.7 Å². The molecule has 0 amide bonds. The fourth-order valence-electron chi connectivity index (χ4n) is 1.57. The van der Waals surface area contributed by atoms with Crippen molar-refractivity contribution >= 4 is 34.8 Å². The van der Waals surface area contributed by atoms with Gasteiger partial charge in [0.05, 0.1) is 10.0 Å². The minimum Gasteiger partial charge on any atom is -0.378 e. The number of rotatable bonds is 6. The monoisotopic (exact) mass is 338 g/mol. The molecule has 0 unspecified atom stereocenters. The molecule has 5 nitrogen and oxygen atoms in total. The van der Waals surface area contributed by atoms with Gasteiger partial charge in [0.2, 0.25) is 11.6 Å². The van der Waals surface area contributed by atoms with Gasteiger partial charge in [-0.3, -0.25) is 4.79 Å². The molecule has 0 spiro atoms. The van der Waals surface area contributed by atoms with E-state index in [0.717, 1.165) is 5.56 Å². The average Bonchev–Trinajstić information content (AvgIpc) is 2.54. The quantitative estimate of drug-likeness (QED) is 0.218. The fraction of sp³-hybridized carbons (Fsp3) is 0.0667. The molecule has 0 atom stereocenters. The maximum absolute atomic E-state index is 11.9. The molecule has 0 aliphatic rings. The van der Waals surface area contributed by atoms with Gasteiger partial charge >= 0.3 is 0 Å². The molecule has 0 heterocycles. The van der Waals surface area contributed by atoms with Gasteiger partial charge in [-0.1, -0.05) is 59.6 Å². The molecule has 0 saturated heterocycles. The number of carbonyl (C=O) groups is 1. The van der Waals surface area contributed by atoms with Crippen molar-refractivity contribution < 1.29 is 14.7 Å². The van der Waals surface area contributed by atoms with Gasteiger partial charge in [-0.2, -0.15) is 4.89 Å². The molecular weight excluding hydrogens is 327 g/mol. The van der Waals surface area contributed by atoms with Crippen molar-refractivity contribution in [2.24, 2.45) is 10.9 Å². The van der Waals surface area contributed by atoms with Gasteiger partial charge in [0.1, 0.15) is 6.61 Å². The average molecular weight is 339 g/mol. The van der Waals surface area contributed by atoms with E-state index in [0.29, 0.717) is 15.6 Å². The second-order valence-corrected chi connectivity index (χ2v) is 5.07. The van der Waals surface area contributed by atoms with Crippen LogP contribution in [0, 0.1) is 0 Å². The lowest BCUT2D eigenvalue weighted by molar-refractivity contribution is -0.305. The second-order valence-electron chi connectivity index (χ2n) is 4.26. The van der Waals surface area contributed by atoms with Gasteiger partial charge in [0.15, 0.2) is 0 Å². The number of benzene rings is 2. The van der Waals surface area contributed by atoms with Crippen LogP contribution in [0.2, 0.25) is 10.0 Å².